The maximum Gasteiger partial charge on any atom is 0.306 e. The summed E-state index contributed by atoms with van der Waals surface area (Å²) in [5.41, 5.74) is 4.32. The lowest BCUT2D eigenvalue weighted by molar-refractivity contribution is -0.141. The Bertz CT molecular complexity index is 1410. The van der Waals surface area contributed by atoms with Crippen LogP contribution in [-0.4, -0.2) is 22.7 Å². The van der Waals surface area contributed by atoms with E-state index in [0.29, 0.717) is 34.3 Å². The minimum Gasteiger partial charge on any atom is -0.493 e. The van der Waals surface area contributed by atoms with Crippen LogP contribution in [-0.2, 0) is 11.2 Å². The molecule has 0 aliphatic carbocycles. The first-order valence-corrected chi connectivity index (χ1v) is 11.0. The zero-order valence-corrected chi connectivity index (χ0v) is 18.9. The molecule has 0 saturated carbocycles. The summed E-state index contributed by atoms with van der Waals surface area (Å²) >= 11 is 0. The van der Waals surface area contributed by atoms with Gasteiger partial charge < -0.3 is 9.84 Å². The molecule has 6 heteroatoms. The van der Waals surface area contributed by atoms with Crippen molar-refractivity contribution in [2.45, 2.75) is 20.3 Å². The third kappa shape index (κ3) is 4.46. The maximum atomic E-state index is 14.0. The topological polar surface area (TPSA) is 83.2 Å². The molecule has 1 atom stereocenters. The van der Waals surface area contributed by atoms with E-state index in [1.807, 2.05) is 55.5 Å². The monoisotopic (exact) mass is 454 g/mol. The van der Waals surface area contributed by atoms with Crippen LogP contribution in [0.25, 0.3) is 33.3 Å². The smallest absolute Gasteiger partial charge is 0.306 e. The molecule has 0 saturated heterocycles. The van der Waals surface area contributed by atoms with Crippen molar-refractivity contribution in [2.24, 2.45) is 5.92 Å². The van der Waals surface area contributed by atoms with E-state index < -0.39 is 17.7 Å². The summed E-state index contributed by atoms with van der Waals surface area (Å²) in [6.07, 6.45) is 0.0908. The average molecular weight is 455 g/mol. The van der Waals surface area contributed by atoms with Crippen LogP contribution in [0.5, 0.6) is 5.75 Å². The van der Waals surface area contributed by atoms with E-state index in [1.165, 1.54) is 12.1 Å². The Hall–Kier alpha value is -4.24. The first-order valence-electron chi connectivity index (χ1n) is 11.0. The van der Waals surface area contributed by atoms with E-state index >= 15 is 0 Å². The molecule has 0 spiro atoms. The molecular formula is C28H23FN2O3. The minimum absolute atomic E-state index is 0.0908. The predicted octanol–water partition coefficient (Wildman–Crippen LogP) is 6.24. The molecule has 3 aromatic carbocycles. The van der Waals surface area contributed by atoms with Gasteiger partial charge in [0.1, 0.15) is 17.6 Å². The van der Waals surface area contributed by atoms with E-state index in [1.54, 1.807) is 13.0 Å². The van der Waals surface area contributed by atoms with Crippen LogP contribution in [0.4, 0.5) is 4.39 Å². The van der Waals surface area contributed by atoms with Crippen molar-refractivity contribution in [3.05, 3.63) is 83.7 Å². The molecule has 0 aliphatic heterocycles. The first-order chi connectivity index (χ1) is 16.4. The standard InChI is InChI=1S/C28H23FN2O3/c1-3-34-26-7-5-4-6-21(26)18-8-10-19(11-9-18)27-24(16-30)22(14-17(2)28(32)33)23-15-20(29)12-13-25(23)31-27/h4-13,15,17H,3,14H2,1-2H3,(H,32,33). The lowest BCUT2D eigenvalue weighted by Crippen LogP contribution is -2.14. The third-order valence-electron chi connectivity index (χ3n) is 5.75. The fraction of sp³-hybridized carbons (Fsp3) is 0.179. The van der Waals surface area contributed by atoms with Gasteiger partial charge in [-0.25, -0.2) is 9.37 Å². The molecule has 34 heavy (non-hydrogen) atoms. The van der Waals surface area contributed by atoms with Gasteiger partial charge in [-0.15, -0.1) is 0 Å². The molecule has 0 bridgehead atoms. The summed E-state index contributed by atoms with van der Waals surface area (Å²) in [5, 5.41) is 19.9. The summed E-state index contributed by atoms with van der Waals surface area (Å²) in [4.78, 5) is 16.2. The Kier molecular flexibility index (Phi) is 6.55. The van der Waals surface area contributed by atoms with Crippen molar-refractivity contribution < 1.29 is 19.0 Å². The van der Waals surface area contributed by atoms with E-state index in [2.05, 4.69) is 11.1 Å². The lowest BCUT2D eigenvalue weighted by Gasteiger charge is -2.16. The number of nitriles is 1. The zero-order chi connectivity index (χ0) is 24.2. The molecule has 170 valence electrons. The van der Waals surface area contributed by atoms with Gasteiger partial charge in [0.05, 0.1) is 29.3 Å². The summed E-state index contributed by atoms with van der Waals surface area (Å²) in [6.45, 7) is 4.06. The van der Waals surface area contributed by atoms with Gasteiger partial charge in [0.15, 0.2) is 0 Å². The van der Waals surface area contributed by atoms with Crippen molar-refractivity contribution in [2.75, 3.05) is 6.61 Å². The average Bonchev–Trinajstić information content (AvgIpc) is 2.84. The number of nitrogens with zero attached hydrogens (tertiary/aromatic N) is 2. The zero-order valence-electron chi connectivity index (χ0n) is 18.9. The van der Waals surface area contributed by atoms with Gasteiger partial charge in [0.25, 0.3) is 0 Å². The fourth-order valence-electron chi connectivity index (χ4n) is 4.03. The van der Waals surface area contributed by atoms with E-state index in [0.717, 1.165) is 16.9 Å². The van der Waals surface area contributed by atoms with Crippen LogP contribution in [0.2, 0.25) is 0 Å². The number of benzene rings is 3. The minimum atomic E-state index is -0.982. The van der Waals surface area contributed by atoms with Crippen molar-refractivity contribution in [3.63, 3.8) is 0 Å². The van der Waals surface area contributed by atoms with Gasteiger partial charge >= 0.3 is 5.97 Å². The van der Waals surface area contributed by atoms with Gasteiger partial charge in [0, 0.05) is 16.5 Å². The fourth-order valence-corrected chi connectivity index (χ4v) is 4.03. The Morgan fingerprint density at radius 2 is 1.82 bits per heavy atom. The Balaban J connectivity index is 1.86. The van der Waals surface area contributed by atoms with Crippen molar-refractivity contribution >= 4 is 16.9 Å². The molecular weight excluding hydrogens is 431 g/mol. The number of aliphatic carboxylic acids is 1. The van der Waals surface area contributed by atoms with Gasteiger partial charge in [-0.3, -0.25) is 4.79 Å². The quantitative estimate of drug-likeness (QED) is 0.357. The van der Waals surface area contributed by atoms with Crippen LogP contribution in [0.3, 0.4) is 0 Å². The highest BCUT2D eigenvalue weighted by atomic mass is 19.1. The Morgan fingerprint density at radius 1 is 1.12 bits per heavy atom. The Morgan fingerprint density at radius 3 is 2.50 bits per heavy atom. The number of carboxylic acids is 1. The highest BCUT2D eigenvalue weighted by molar-refractivity contribution is 5.90. The van der Waals surface area contributed by atoms with Crippen LogP contribution in [0.1, 0.15) is 25.0 Å². The second-order valence-electron chi connectivity index (χ2n) is 8.04. The SMILES string of the molecule is CCOc1ccccc1-c1ccc(-c2nc3ccc(F)cc3c(CC(C)C(=O)O)c2C#N)cc1. The molecule has 0 amide bonds. The molecule has 4 aromatic rings. The Labute approximate surface area is 197 Å². The summed E-state index contributed by atoms with van der Waals surface area (Å²) in [5.74, 6) is -1.41. The number of halogens is 1. The number of rotatable bonds is 7. The first kappa shape index (κ1) is 22.9. The molecule has 1 N–H and O–H groups in total. The van der Waals surface area contributed by atoms with Crippen molar-refractivity contribution in [3.8, 4) is 34.2 Å². The van der Waals surface area contributed by atoms with Crippen molar-refractivity contribution in [1.29, 1.82) is 5.26 Å². The van der Waals surface area contributed by atoms with Gasteiger partial charge in [-0.05, 0) is 48.7 Å². The number of carbonyl (C=O) groups is 1. The summed E-state index contributed by atoms with van der Waals surface area (Å²) in [7, 11) is 0. The second kappa shape index (κ2) is 9.72. The molecule has 0 aliphatic rings. The van der Waals surface area contributed by atoms with Crippen LogP contribution < -0.4 is 4.74 Å². The number of pyridine rings is 1. The number of para-hydroxylation sites is 1. The number of ether oxygens (including phenoxy) is 1. The summed E-state index contributed by atoms with van der Waals surface area (Å²) < 4.78 is 19.8. The third-order valence-corrected chi connectivity index (χ3v) is 5.75. The largest absolute Gasteiger partial charge is 0.493 e. The normalized spacial score (nSPS) is 11.7. The highest BCUT2D eigenvalue weighted by Gasteiger charge is 2.21. The molecule has 4 rings (SSSR count). The number of aromatic nitrogens is 1. The number of fused-ring (bicyclic) bond motifs is 1. The van der Waals surface area contributed by atoms with E-state index in [9.17, 15) is 19.6 Å². The number of carboxylic acid groups (broad SMARTS) is 1. The van der Waals surface area contributed by atoms with E-state index in [4.69, 9.17) is 4.74 Å². The molecule has 0 fully saturated rings. The highest BCUT2D eigenvalue weighted by Crippen LogP contribution is 2.35. The van der Waals surface area contributed by atoms with Crippen LogP contribution in [0.15, 0.2) is 66.7 Å². The van der Waals surface area contributed by atoms with Crippen molar-refractivity contribution in [1.82, 2.24) is 4.98 Å². The maximum absolute atomic E-state index is 14.0. The molecule has 0 radical (unpaired) electrons. The van der Waals surface area contributed by atoms with Crippen LogP contribution in [0, 0.1) is 23.1 Å². The van der Waals surface area contributed by atoms with E-state index in [-0.39, 0.29) is 12.0 Å². The van der Waals surface area contributed by atoms with Gasteiger partial charge in [-0.2, -0.15) is 5.26 Å². The summed E-state index contributed by atoms with van der Waals surface area (Å²) in [6, 6.07) is 21.7. The molecule has 5 nitrogen and oxygen atoms in total. The molecule has 1 heterocycles. The van der Waals surface area contributed by atoms with Gasteiger partial charge in [0.2, 0.25) is 0 Å². The number of hydrogen-bond donors (Lipinski definition) is 1. The van der Waals surface area contributed by atoms with Crippen LogP contribution >= 0.6 is 0 Å². The predicted molar refractivity (Wildman–Crippen MR) is 129 cm³/mol. The number of hydrogen-bond acceptors (Lipinski definition) is 4. The van der Waals surface area contributed by atoms with Gasteiger partial charge in [-0.1, -0.05) is 49.4 Å². The lowest BCUT2D eigenvalue weighted by atomic mass is 9.90. The second-order valence-corrected chi connectivity index (χ2v) is 8.04. The molecule has 1 aromatic heterocycles. The molecule has 1 unspecified atom stereocenters.